The quantitative estimate of drug-likeness (QED) is 0.924. The first-order valence-corrected chi connectivity index (χ1v) is 7.15. The Hall–Kier alpha value is -1.82. The van der Waals surface area contributed by atoms with Crippen molar-refractivity contribution in [1.29, 1.82) is 5.26 Å². The van der Waals surface area contributed by atoms with Crippen LogP contribution in [0.15, 0.2) is 42.5 Å². The van der Waals surface area contributed by atoms with E-state index in [1.54, 1.807) is 0 Å². The van der Waals surface area contributed by atoms with Gasteiger partial charge in [0.25, 0.3) is 0 Å². The second kappa shape index (κ2) is 5.66. The zero-order valence-corrected chi connectivity index (χ0v) is 11.8. The lowest BCUT2D eigenvalue weighted by Crippen LogP contribution is -2.18. The normalized spacial score (nSPS) is 16.7. The molecule has 0 saturated carbocycles. The van der Waals surface area contributed by atoms with Crippen LogP contribution < -0.4 is 5.32 Å². The number of hydrogen-bond donors (Lipinski definition) is 1. The van der Waals surface area contributed by atoms with E-state index < -0.39 is 0 Å². The molecule has 0 heterocycles. The number of hydrogen-bond acceptors (Lipinski definition) is 2. The lowest BCUT2D eigenvalue weighted by Gasteiger charge is -2.14. The molecule has 0 saturated heterocycles. The molecule has 1 aliphatic rings. The number of nitrogens with one attached hydrogen (secondary N) is 1. The van der Waals surface area contributed by atoms with Gasteiger partial charge in [0.05, 0.1) is 11.6 Å². The molecule has 0 spiro atoms. The molecule has 0 bridgehead atoms. The van der Waals surface area contributed by atoms with Crippen molar-refractivity contribution in [2.45, 2.75) is 25.4 Å². The predicted octanol–water partition coefficient (Wildman–Crippen LogP) is 3.99. The Bertz CT molecular complexity index is 656. The summed E-state index contributed by atoms with van der Waals surface area (Å²) in [5.41, 5.74) is 4.62. The number of benzene rings is 2. The highest BCUT2D eigenvalue weighted by Gasteiger charge is 2.21. The maximum Gasteiger partial charge on any atom is 0.0991 e. The molecule has 0 radical (unpaired) electrons. The summed E-state index contributed by atoms with van der Waals surface area (Å²) in [4.78, 5) is 0. The van der Waals surface area contributed by atoms with E-state index in [2.05, 4.69) is 23.5 Å². The summed E-state index contributed by atoms with van der Waals surface area (Å²) in [6, 6.07) is 16.4. The minimum atomic E-state index is 0.401. The standard InChI is InChI=1S/C17H15ClN2/c18-15-6-7-16-14(9-15)5-8-17(16)20-11-13-3-1-12(10-19)2-4-13/h1-4,6-7,9,17,20H,5,8,11H2. The van der Waals surface area contributed by atoms with Crippen LogP contribution in [0, 0.1) is 11.3 Å². The van der Waals surface area contributed by atoms with Crippen molar-refractivity contribution in [1.82, 2.24) is 5.32 Å². The molecule has 1 unspecified atom stereocenters. The number of aryl methyl sites for hydroxylation is 1. The summed E-state index contributed by atoms with van der Waals surface area (Å²) < 4.78 is 0. The van der Waals surface area contributed by atoms with Crippen molar-refractivity contribution in [2.75, 3.05) is 0 Å². The van der Waals surface area contributed by atoms with Gasteiger partial charge in [-0.2, -0.15) is 5.26 Å². The Kier molecular flexibility index (Phi) is 3.73. The smallest absolute Gasteiger partial charge is 0.0991 e. The molecule has 2 nitrogen and oxygen atoms in total. The summed E-state index contributed by atoms with van der Waals surface area (Å²) in [5.74, 6) is 0. The summed E-state index contributed by atoms with van der Waals surface area (Å²) >= 11 is 6.03. The monoisotopic (exact) mass is 282 g/mol. The maximum absolute atomic E-state index is 8.79. The summed E-state index contributed by atoms with van der Waals surface area (Å²) in [6.45, 7) is 0.818. The van der Waals surface area contributed by atoms with E-state index in [0.717, 1.165) is 24.4 Å². The largest absolute Gasteiger partial charge is 0.306 e. The third-order valence-corrected chi connectivity index (χ3v) is 4.05. The van der Waals surface area contributed by atoms with Gasteiger partial charge in [0.2, 0.25) is 0 Å². The molecule has 1 aliphatic carbocycles. The molecule has 3 heteroatoms. The molecule has 3 rings (SSSR count). The lowest BCUT2D eigenvalue weighted by molar-refractivity contribution is 0.530. The van der Waals surface area contributed by atoms with Gasteiger partial charge in [-0.1, -0.05) is 29.8 Å². The zero-order valence-electron chi connectivity index (χ0n) is 11.1. The molecule has 0 fully saturated rings. The first-order valence-electron chi connectivity index (χ1n) is 6.77. The average molecular weight is 283 g/mol. The summed E-state index contributed by atoms with van der Waals surface area (Å²) in [6.07, 6.45) is 2.20. The van der Waals surface area contributed by atoms with Gasteiger partial charge in [0.15, 0.2) is 0 Å². The Labute approximate surface area is 124 Å². The van der Waals surface area contributed by atoms with Crippen LogP contribution in [0.25, 0.3) is 0 Å². The minimum absolute atomic E-state index is 0.401. The van der Waals surface area contributed by atoms with E-state index in [0.29, 0.717) is 11.6 Å². The number of nitriles is 1. The number of fused-ring (bicyclic) bond motifs is 1. The van der Waals surface area contributed by atoms with Crippen LogP contribution in [0.4, 0.5) is 0 Å². The Morgan fingerprint density at radius 3 is 2.75 bits per heavy atom. The third-order valence-electron chi connectivity index (χ3n) is 3.82. The van der Waals surface area contributed by atoms with Gasteiger partial charge in [0.1, 0.15) is 0 Å². The van der Waals surface area contributed by atoms with Crippen LogP contribution in [0.5, 0.6) is 0 Å². The van der Waals surface area contributed by atoms with Crippen LogP contribution in [-0.4, -0.2) is 0 Å². The first-order chi connectivity index (χ1) is 9.76. The summed E-state index contributed by atoms with van der Waals surface area (Å²) in [5, 5.41) is 13.2. The van der Waals surface area contributed by atoms with Crippen molar-refractivity contribution in [3.63, 3.8) is 0 Å². The molecular weight excluding hydrogens is 268 g/mol. The van der Waals surface area contributed by atoms with Crippen LogP contribution in [0.3, 0.4) is 0 Å². The van der Waals surface area contributed by atoms with Gasteiger partial charge >= 0.3 is 0 Å². The highest BCUT2D eigenvalue weighted by Crippen LogP contribution is 2.32. The van der Waals surface area contributed by atoms with Crippen molar-refractivity contribution < 1.29 is 0 Å². The van der Waals surface area contributed by atoms with Gasteiger partial charge in [-0.25, -0.2) is 0 Å². The fraction of sp³-hybridized carbons (Fsp3) is 0.235. The third kappa shape index (κ3) is 2.70. The van der Waals surface area contributed by atoms with Crippen LogP contribution in [0.2, 0.25) is 5.02 Å². The fourth-order valence-corrected chi connectivity index (χ4v) is 2.93. The van der Waals surface area contributed by atoms with Crippen molar-refractivity contribution in [3.05, 3.63) is 69.7 Å². The molecule has 100 valence electrons. The zero-order chi connectivity index (χ0) is 13.9. The second-order valence-corrected chi connectivity index (χ2v) is 5.56. The van der Waals surface area contributed by atoms with Gasteiger partial charge in [-0.3, -0.25) is 0 Å². The highest BCUT2D eigenvalue weighted by atomic mass is 35.5. The van der Waals surface area contributed by atoms with Gasteiger partial charge in [0, 0.05) is 17.6 Å². The Morgan fingerprint density at radius 2 is 2.00 bits per heavy atom. The number of halogens is 1. The Balaban J connectivity index is 1.67. The molecular formula is C17H15ClN2. The predicted molar refractivity (Wildman–Crippen MR) is 80.5 cm³/mol. The van der Waals surface area contributed by atoms with E-state index in [1.165, 1.54) is 16.7 Å². The molecule has 1 N–H and O–H groups in total. The number of nitrogens with zero attached hydrogens (tertiary/aromatic N) is 1. The highest BCUT2D eigenvalue weighted by molar-refractivity contribution is 6.30. The van der Waals surface area contributed by atoms with E-state index >= 15 is 0 Å². The molecule has 0 aromatic heterocycles. The first kappa shape index (κ1) is 13.2. The summed E-state index contributed by atoms with van der Waals surface area (Å²) in [7, 11) is 0. The van der Waals surface area contributed by atoms with Crippen LogP contribution in [0.1, 0.15) is 34.7 Å². The lowest BCUT2D eigenvalue weighted by atomic mass is 10.1. The van der Waals surface area contributed by atoms with E-state index in [-0.39, 0.29) is 0 Å². The van der Waals surface area contributed by atoms with Gasteiger partial charge < -0.3 is 5.32 Å². The van der Waals surface area contributed by atoms with Crippen LogP contribution >= 0.6 is 11.6 Å². The SMILES string of the molecule is N#Cc1ccc(CNC2CCc3cc(Cl)ccc32)cc1. The minimum Gasteiger partial charge on any atom is -0.306 e. The van der Waals surface area contributed by atoms with Crippen molar-refractivity contribution in [2.24, 2.45) is 0 Å². The van der Waals surface area contributed by atoms with E-state index in [9.17, 15) is 0 Å². The van der Waals surface area contributed by atoms with Crippen LogP contribution in [-0.2, 0) is 13.0 Å². The fourth-order valence-electron chi connectivity index (χ4n) is 2.74. The molecule has 1 atom stereocenters. The molecule has 2 aromatic rings. The molecule has 20 heavy (non-hydrogen) atoms. The number of rotatable bonds is 3. The Morgan fingerprint density at radius 1 is 1.20 bits per heavy atom. The van der Waals surface area contributed by atoms with Crippen molar-refractivity contribution >= 4 is 11.6 Å². The van der Waals surface area contributed by atoms with E-state index in [1.807, 2.05) is 30.3 Å². The molecule has 2 aromatic carbocycles. The average Bonchev–Trinajstić information content (AvgIpc) is 2.88. The van der Waals surface area contributed by atoms with Gasteiger partial charge in [-0.05, 0) is 53.8 Å². The second-order valence-electron chi connectivity index (χ2n) is 5.12. The topological polar surface area (TPSA) is 35.8 Å². The maximum atomic E-state index is 8.79. The molecule has 0 aliphatic heterocycles. The van der Waals surface area contributed by atoms with E-state index in [4.69, 9.17) is 16.9 Å². The van der Waals surface area contributed by atoms with Gasteiger partial charge in [-0.15, -0.1) is 0 Å². The van der Waals surface area contributed by atoms with Crippen molar-refractivity contribution in [3.8, 4) is 6.07 Å². The molecule has 0 amide bonds.